The van der Waals surface area contributed by atoms with Crippen LogP contribution < -0.4 is 4.74 Å². The van der Waals surface area contributed by atoms with Crippen molar-refractivity contribution in [3.05, 3.63) is 63.4 Å². The summed E-state index contributed by atoms with van der Waals surface area (Å²) in [5, 5.41) is 0.0945. The second-order valence-corrected chi connectivity index (χ2v) is 5.02. The highest BCUT2D eigenvalue weighted by atomic mass is 35.5. The van der Waals surface area contributed by atoms with Gasteiger partial charge >= 0.3 is 0 Å². The van der Waals surface area contributed by atoms with E-state index in [9.17, 15) is 9.18 Å². The summed E-state index contributed by atoms with van der Waals surface area (Å²) in [4.78, 5) is 12.6. The Labute approximate surface area is 122 Å². The molecule has 2 nitrogen and oxygen atoms in total. The van der Waals surface area contributed by atoms with Crippen molar-refractivity contribution in [2.24, 2.45) is 0 Å². The van der Waals surface area contributed by atoms with E-state index in [1.54, 1.807) is 6.07 Å². The van der Waals surface area contributed by atoms with Crippen LogP contribution in [-0.4, -0.2) is 12.9 Å². The molecule has 2 aromatic carbocycles. The van der Waals surface area contributed by atoms with Gasteiger partial charge in [-0.15, -0.1) is 0 Å². The van der Waals surface area contributed by atoms with Crippen molar-refractivity contribution in [2.75, 3.05) is 7.11 Å². The van der Waals surface area contributed by atoms with E-state index in [2.05, 4.69) is 0 Å². The lowest BCUT2D eigenvalue weighted by molar-refractivity contribution is 0.103. The van der Waals surface area contributed by atoms with Crippen molar-refractivity contribution in [3.63, 3.8) is 0 Å². The number of hydrogen-bond acceptors (Lipinski definition) is 2. The zero-order valence-corrected chi connectivity index (χ0v) is 12.2. The molecule has 0 aromatic heterocycles. The zero-order valence-electron chi connectivity index (χ0n) is 11.5. The van der Waals surface area contributed by atoms with Gasteiger partial charge in [0.2, 0.25) is 0 Å². The Bertz CT molecular complexity index is 680. The van der Waals surface area contributed by atoms with Crippen LogP contribution in [-0.2, 0) is 0 Å². The van der Waals surface area contributed by atoms with Gasteiger partial charge in [0.15, 0.2) is 5.78 Å². The number of rotatable bonds is 3. The Morgan fingerprint density at radius 1 is 1.20 bits per heavy atom. The predicted octanol–water partition coefficient (Wildman–Crippen LogP) is 4.34. The Morgan fingerprint density at radius 3 is 2.50 bits per heavy atom. The fourth-order valence-electron chi connectivity index (χ4n) is 2.19. The summed E-state index contributed by atoms with van der Waals surface area (Å²) >= 11 is 5.95. The van der Waals surface area contributed by atoms with E-state index in [0.29, 0.717) is 11.3 Å². The number of benzene rings is 2. The summed E-state index contributed by atoms with van der Waals surface area (Å²) in [5.41, 5.74) is 2.51. The molecule has 0 radical (unpaired) electrons. The molecule has 20 heavy (non-hydrogen) atoms. The van der Waals surface area contributed by atoms with Gasteiger partial charge < -0.3 is 4.74 Å². The van der Waals surface area contributed by atoms with Gasteiger partial charge in [0.25, 0.3) is 0 Å². The average Bonchev–Trinajstić information content (AvgIpc) is 2.37. The number of halogens is 2. The Kier molecular flexibility index (Phi) is 4.09. The van der Waals surface area contributed by atoms with Gasteiger partial charge in [-0.2, -0.15) is 0 Å². The number of carbonyl (C=O) groups is 1. The second-order valence-electron chi connectivity index (χ2n) is 4.61. The van der Waals surface area contributed by atoms with Crippen molar-refractivity contribution < 1.29 is 13.9 Å². The molecular formula is C16H14ClFO2. The molecule has 0 spiro atoms. The molecule has 104 valence electrons. The van der Waals surface area contributed by atoms with Gasteiger partial charge in [-0.1, -0.05) is 17.7 Å². The number of aryl methyl sites for hydroxylation is 2. The molecule has 0 aliphatic heterocycles. The molecule has 0 amide bonds. The quantitative estimate of drug-likeness (QED) is 0.787. The maximum Gasteiger partial charge on any atom is 0.198 e. The summed E-state index contributed by atoms with van der Waals surface area (Å²) in [6.07, 6.45) is 0. The van der Waals surface area contributed by atoms with Crippen molar-refractivity contribution in [2.45, 2.75) is 13.8 Å². The minimum absolute atomic E-state index is 0.0945. The minimum Gasteiger partial charge on any atom is -0.496 e. The van der Waals surface area contributed by atoms with Crippen molar-refractivity contribution in [1.29, 1.82) is 0 Å². The maximum absolute atomic E-state index is 13.1. The molecule has 0 heterocycles. The number of ketones is 1. The van der Waals surface area contributed by atoms with Crippen LogP contribution >= 0.6 is 11.6 Å². The Morgan fingerprint density at radius 2 is 1.90 bits per heavy atom. The maximum atomic E-state index is 13.1. The van der Waals surface area contributed by atoms with Crippen LogP contribution in [0.25, 0.3) is 0 Å². The van der Waals surface area contributed by atoms with Crippen LogP contribution in [0.15, 0.2) is 30.3 Å². The van der Waals surface area contributed by atoms with E-state index in [4.69, 9.17) is 16.3 Å². The lowest BCUT2D eigenvalue weighted by Gasteiger charge is -2.13. The first-order valence-electron chi connectivity index (χ1n) is 6.09. The minimum atomic E-state index is -0.473. The van der Waals surface area contributed by atoms with Crippen LogP contribution in [0.2, 0.25) is 5.02 Å². The Balaban J connectivity index is 2.59. The second kappa shape index (κ2) is 5.63. The zero-order chi connectivity index (χ0) is 14.9. The molecule has 0 unspecified atom stereocenters. The molecule has 0 saturated heterocycles. The van der Waals surface area contributed by atoms with Crippen molar-refractivity contribution >= 4 is 17.4 Å². The summed E-state index contributed by atoms with van der Waals surface area (Å²) < 4.78 is 18.3. The van der Waals surface area contributed by atoms with Gasteiger partial charge in [-0.25, -0.2) is 4.39 Å². The number of methoxy groups -OCH3 is 1. The summed E-state index contributed by atoms with van der Waals surface area (Å²) in [7, 11) is 1.51. The van der Waals surface area contributed by atoms with E-state index in [0.717, 1.165) is 17.2 Å². The highest BCUT2D eigenvalue weighted by molar-refractivity contribution is 6.35. The number of ether oxygens (including phenoxy) is 1. The highest BCUT2D eigenvalue weighted by Crippen LogP contribution is 2.29. The molecule has 0 saturated carbocycles. The molecule has 0 aliphatic rings. The summed E-state index contributed by atoms with van der Waals surface area (Å²) in [6, 6.07) is 7.42. The van der Waals surface area contributed by atoms with Gasteiger partial charge in [-0.05, 0) is 49.2 Å². The monoisotopic (exact) mass is 292 g/mol. The topological polar surface area (TPSA) is 26.3 Å². The fourth-order valence-corrected chi connectivity index (χ4v) is 2.44. The third-order valence-electron chi connectivity index (χ3n) is 3.07. The molecule has 2 rings (SSSR count). The Hall–Kier alpha value is -1.87. The summed E-state index contributed by atoms with van der Waals surface area (Å²) in [5.74, 6) is -0.253. The smallest absolute Gasteiger partial charge is 0.198 e. The molecule has 2 aromatic rings. The van der Waals surface area contributed by atoms with E-state index >= 15 is 0 Å². The third kappa shape index (κ3) is 2.68. The summed E-state index contributed by atoms with van der Waals surface area (Å²) in [6.45, 7) is 3.76. The van der Waals surface area contributed by atoms with E-state index in [1.807, 2.05) is 19.9 Å². The first kappa shape index (κ1) is 14.5. The standard InChI is InChI=1S/C16H14ClFO2/c1-9-6-10(2)15(14(7-9)20-3)16(19)12-5-4-11(18)8-13(12)17/h4-8H,1-3H3. The predicted molar refractivity (Wildman–Crippen MR) is 77.3 cm³/mol. The highest BCUT2D eigenvalue weighted by Gasteiger charge is 2.20. The van der Waals surface area contributed by atoms with Crippen LogP contribution in [0.5, 0.6) is 5.75 Å². The van der Waals surface area contributed by atoms with Gasteiger partial charge in [0.1, 0.15) is 11.6 Å². The third-order valence-corrected chi connectivity index (χ3v) is 3.38. The lowest BCUT2D eigenvalue weighted by Crippen LogP contribution is -2.07. The first-order valence-corrected chi connectivity index (χ1v) is 6.47. The van der Waals surface area contributed by atoms with Gasteiger partial charge in [0.05, 0.1) is 17.7 Å². The SMILES string of the molecule is COc1cc(C)cc(C)c1C(=O)c1ccc(F)cc1Cl. The van der Waals surface area contributed by atoms with Crippen LogP contribution in [0.3, 0.4) is 0 Å². The molecule has 0 fully saturated rings. The lowest BCUT2D eigenvalue weighted by atomic mass is 9.96. The first-order chi connectivity index (χ1) is 9.43. The van der Waals surface area contributed by atoms with Crippen molar-refractivity contribution in [3.8, 4) is 5.75 Å². The molecular weight excluding hydrogens is 279 g/mol. The van der Waals surface area contributed by atoms with Gasteiger partial charge in [0, 0.05) is 5.56 Å². The molecule has 0 aliphatic carbocycles. The van der Waals surface area contributed by atoms with Crippen LogP contribution in [0.4, 0.5) is 4.39 Å². The van der Waals surface area contributed by atoms with Crippen LogP contribution in [0.1, 0.15) is 27.0 Å². The van der Waals surface area contributed by atoms with Gasteiger partial charge in [-0.3, -0.25) is 4.79 Å². The largest absolute Gasteiger partial charge is 0.496 e. The number of hydrogen-bond donors (Lipinski definition) is 0. The molecule has 4 heteroatoms. The average molecular weight is 293 g/mol. The van der Waals surface area contributed by atoms with E-state index < -0.39 is 5.82 Å². The van der Waals surface area contributed by atoms with Crippen LogP contribution in [0, 0.1) is 19.7 Å². The number of carbonyl (C=O) groups excluding carboxylic acids is 1. The van der Waals surface area contributed by atoms with Crippen molar-refractivity contribution in [1.82, 2.24) is 0 Å². The fraction of sp³-hybridized carbons (Fsp3) is 0.188. The molecule has 0 bridgehead atoms. The normalized spacial score (nSPS) is 10.4. The van der Waals surface area contributed by atoms with E-state index in [-0.39, 0.29) is 16.4 Å². The molecule has 0 atom stereocenters. The molecule has 0 N–H and O–H groups in total. The van der Waals surface area contributed by atoms with E-state index in [1.165, 1.54) is 19.2 Å².